The van der Waals surface area contributed by atoms with Gasteiger partial charge in [-0.15, -0.1) is 11.3 Å². The van der Waals surface area contributed by atoms with Gasteiger partial charge in [-0.1, -0.05) is 12.6 Å². The summed E-state index contributed by atoms with van der Waals surface area (Å²) < 4.78 is 41.2. The van der Waals surface area contributed by atoms with Crippen molar-refractivity contribution in [1.82, 2.24) is 29.2 Å². The molecular weight excluding hydrogens is 622 g/mol. The van der Waals surface area contributed by atoms with Gasteiger partial charge in [-0.05, 0) is 56.5 Å². The van der Waals surface area contributed by atoms with E-state index in [4.69, 9.17) is 14.8 Å². The van der Waals surface area contributed by atoms with Gasteiger partial charge >= 0.3 is 0 Å². The van der Waals surface area contributed by atoms with Crippen molar-refractivity contribution in [2.45, 2.75) is 45.5 Å². The smallest absolute Gasteiger partial charge is 0.246 e. The molecule has 0 aliphatic carbocycles. The Morgan fingerprint density at radius 1 is 1.17 bits per heavy atom. The number of halogens is 2. The molecule has 6 aromatic rings. The summed E-state index contributed by atoms with van der Waals surface area (Å²) in [5.74, 6) is -1.89. The van der Waals surface area contributed by atoms with Gasteiger partial charge in [0.05, 0.1) is 53.0 Å². The van der Waals surface area contributed by atoms with Gasteiger partial charge in [0.1, 0.15) is 35.4 Å². The van der Waals surface area contributed by atoms with Gasteiger partial charge in [0, 0.05) is 46.4 Å². The molecule has 0 fully saturated rings. The van der Waals surface area contributed by atoms with Crippen LogP contribution in [0.15, 0.2) is 66.8 Å². The summed E-state index contributed by atoms with van der Waals surface area (Å²) in [5.41, 5.74) is 4.01. The molecular formula is C35H32F2N6O3S. The first-order chi connectivity index (χ1) is 22.4. The Morgan fingerprint density at radius 2 is 1.98 bits per heavy atom. The van der Waals surface area contributed by atoms with Crippen molar-refractivity contribution in [3.8, 4) is 39.5 Å². The van der Waals surface area contributed by atoms with Crippen molar-refractivity contribution in [3.63, 3.8) is 0 Å². The Morgan fingerprint density at radius 3 is 2.74 bits per heavy atom. The topological polar surface area (TPSA) is 98.3 Å². The van der Waals surface area contributed by atoms with Crippen LogP contribution in [0.4, 0.5) is 8.78 Å². The van der Waals surface area contributed by atoms with E-state index in [1.54, 1.807) is 25.1 Å². The molecule has 240 valence electrons. The third kappa shape index (κ3) is 5.47. The molecule has 1 N–H and O–H groups in total. The number of carbonyl (C=O) groups excluding carboxylic acids is 1. The molecule has 1 aliphatic heterocycles. The molecule has 12 heteroatoms. The van der Waals surface area contributed by atoms with Crippen molar-refractivity contribution < 1.29 is 23.4 Å². The van der Waals surface area contributed by atoms with E-state index in [2.05, 4.69) is 11.6 Å². The minimum absolute atomic E-state index is 0.0158. The first-order valence-corrected chi connectivity index (χ1v) is 16.0. The molecule has 2 aromatic carbocycles. The molecule has 5 heterocycles. The monoisotopic (exact) mass is 654 g/mol. The molecule has 0 bridgehead atoms. The molecule has 47 heavy (non-hydrogen) atoms. The Hall–Kier alpha value is -4.94. The van der Waals surface area contributed by atoms with Gasteiger partial charge in [-0.2, -0.15) is 5.10 Å². The van der Waals surface area contributed by atoms with E-state index >= 15 is 4.39 Å². The van der Waals surface area contributed by atoms with E-state index in [0.717, 1.165) is 39.8 Å². The minimum Gasteiger partial charge on any atom is -0.490 e. The fourth-order valence-electron chi connectivity index (χ4n) is 6.04. The third-order valence-corrected chi connectivity index (χ3v) is 9.25. The number of thiophene rings is 1. The number of nitrogens with zero attached hydrogens (tertiary/aromatic N) is 6. The fraction of sp³-hybridized carbons (Fsp3) is 0.257. The van der Waals surface area contributed by atoms with Crippen LogP contribution in [0.5, 0.6) is 5.75 Å². The minimum atomic E-state index is -1.26. The van der Waals surface area contributed by atoms with E-state index < -0.39 is 17.2 Å². The number of pyridine rings is 1. The van der Waals surface area contributed by atoms with E-state index in [0.29, 0.717) is 40.4 Å². The summed E-state index contributed by atoms with van der Waals surface area (Å²) in [7, 11) is 1.92. The average molecular weight is 655 g/mol. The second kappa shape index (κ2) is 11.4. The highest BCUT2D eigenvalue weighted by Gasteiger charge is 2.31. The number of ether oxygens (including phenoxy) is 1. The molecule has 7 rings (SSSR count). The zero-order valence-corrected chi connectivity index (χ0v) is 27.1. The van der Waals surface area contributed by atoms with Gasteiger partial charge in [0.15, 0.2) is 0 Å². The number of rotatable bonds is 7. The van der Waals surface area contributed by atoms with E-state index in [1.165, 1.54) is 17.4 Å². The highest BCUT2D eigenvalue weighted by atomic mass is 32.1. The van der Waals surface area contributed by atoms with Crippen LogP contribution in [-0.2, 0) is 24.9 Å². The number of amides is 1. The quantitative estimate of drug-likeness (QED) is 0.192. The molecule has 0 saturated heterocycles. The van der Waals surface area contributed by atoms with Crippen LogP contribution in [0.3, 0.4) is 0 Å². The van der Waals surface area contributed by atoms with Crippen LogP contribution in [-0.4, -0.2) is 58.5 Å². The normalized spacial score (nSPS) is 15.0. The van der Waals surface area contributed by atoms with E-state index in [-0.39, 0.29) is 29.9 Å². The maximum Gasteiger partial charge on any atom is 0.246 e. The van der Waals surface area contributed by atoms with Gasteiger partial charge in [-0.25, -0.2) is 18.7 Å². The van der Waals surface area contributed by atoms with Crippen molar-refractivity contribution in [2.75, 3.05) is 6.61 Å². The lowest BCUT2D eigenvalue weighted by molar-refractivity contribution is -0.129. The van der Waals surface area contributed by atoms with Crippen molar-refractivity contribution in [1.29, 1.82) is 0 Å². The van der Waals surface area contributed by atoms with Crippen LogP contribution < -0.4 is 4.74 Å². The number of hydrogen-bond acceptors (Lipinski definition) is 7. The van der Waals surface area contributed by atoms with Gasteiger partial charge in [0.25, 0.3) is 0 Å². The molecule has 1 amide bonds. The lowest BCUT2D eigenvalue weighted by Crippen LogP contribution is -2.44. The second-order valence-electron chi connectivity index (χ2n) is 12.5. The SMILES string of the molecule is C=CC(=O)N1Cc2cc(-c3nc(-c4ccc5ncn(C)c5c4)c4ccsc4c3-c3c(F)cc(F)cc3OCC(C)(C)O)nn2C[C@H]1C. The molecule has 1 atom stereocenters. The Balaban J connectivity index is 1.50. The zero-order chi connectivity index (χ0) is 33.2. The summed E-state index contributed by atoms with van der Waals surface area (Å²) in [5, 5.41) is 18.0. The average Bonchev–Trinajstić information content (AvgIpc) is 3.77. The Bertz CT molecular complexity index is 2210. The Kier molecular flexibility index (Phi) is 7.44. The first kappa shape index (κ1) is 30.7. The van der Waals surface area contributed by atoms with Crippen molar-refractivity contribution >= 4 is 38.4 Å². The number of aromatic nitrogens is 5. The number of hydrogen-bond donors (Lipinski definition) is 1. The molecule has 4 aromatic heterocycles. The Labute approximate surface area is 273 Å². The molecule has 1 aliphatic rings. The highest BCUT2D eigenvalue weighted by Crippen LogP contribution is 2.47. The molecule has 0 spiro atoms. The number of fused-ring (bicyclic) bond motifs is 3. The molecule has 0 unspecified atom stereocenters. The summed E-state index contributed by atoms with van der Waals surface area (Å²) in [6.07, 6.45) is 3.05. The summed E-state index contributed by atoms with van der Waals surface area (Å²) in [6, 6.07) is 11.5. The summed E-state index contributed by atoms with van der Waals surface area (Å²) in [6.45, 7) is 9.25. The summed E-state index contributed by atoms with van der Waals surface area (Å²) >= 11 is 1.40. The van der Waals surface area contributed by atoms with Crippen molar-refractivity contribution in [3.05, 3.63) is 84.2 Å². The molecule has 0 radical (unpaired) electrons. The third-order valence-electron chi connectivity index (χ3n) is 8.32. The first-order valence-electron chi connectivity index (χ1n) is 15.1. The van der Waals surface area contributed by atoms with Crippen LogP contribution in [0, 0.1) is 11.6 Å². The lowest BCUT2D eigenvalue weighted by atomic mass is 9.96. The largest absolute Gasteiger partial charge is 0.490 e. The predicted octanol–water partition coefficient (Wildman–Crippen LogP) is 6.73. The van der Waals surface area contributed by atoms with E-state index in [1.807, 2.05) is 58.9 Å². The van der Waals surface area contributed by atoms with Crippen molar-refractivity contribution in [2.24, 2.45) is 7.05 Å². The standard InChI is InChI=1S/C35H32F2N6O3S/c1-6-29(44)42-16-22-14-26(40-43(22)15-19(42)2)33-31(30-24(37)12-21(36)13-28(30)46-17-35(3,4)45)34-23(9-10-47-34)32(39-33)20-7-8-25-27(11-20)41(5)18-38-25/h6-14,18-19,45H,1,15-17H2,2-5H3/t19-/m1/s1. The zero-order valence-electron chi connectivity index (χ0n) is 26.3. The number of aryl methyl sites for hydroxylation is 1. The van der Waals surface area contributed by atoms with Crippen LogP contribution >= 0.6 is 11.3 Å². The predicted molar refractivity (Wildman–Crippen MR) is 178 cm³/mol. The van der Waals surface area contributed by atoms with E-state index in [9.17, 15) is 14.3 Å². The number of aliphatic hydroxyl groups is 1. The highest BCUT2D eigenvalue weighted by molar-refractivity contribution is 7.18. The summed E-state index contributed by atoms with van der Waals surface area (Å²) in [4.78, 5) is 24.0. The van der Waals surface area contributed by atoms with Gasteiger partial charge in [-0.3, -0.25) is 9.48 Å². The van der Waals surface area contributed by atoms with Gasteiger partial charge in [0.2, 0.25) is 5.91 Å². The number of imidazole rings is 1. The number of benzene rings is 2. The molecule has 0 saturated carbocycles. The second-order valence-corrected chi connectivity index (χ2v) is 13.4. The molecule has 9 nitrogen and oxygen atoms in total. The van der Waals surface area contributed by atoms with Crippen LogP contribution in [0.25, 0.3) is 54.9 Å². The van der Waals surface area contributed by atoms with Crippen LogP contribution in [0.1, 0.15) is 26.5 Å². The van der Waals surface area contributed by atoms with Crippen LogP contribution in [0.2, 0.25) is 0 Å². The maximum atomic E-state index is 16.1. The lowest BCUT2D eigenvalue weighted by Gasteiger charge is -2.33. The number of carbonyl (C=O) groups is 1. The maximum absolute atomic E-state index is 16.1. The van der Waals surface area contributed by atoms with Gasteiger partial charge < -0.3 is 19.3 Å². The fourth-order valence-corrected chi connectivity index (χ4v) is 6.99.